The number of hydrogen-bond donors (Lipinski definition) is 0. The Bertz CT molecular complexity index is 1320. The molecule has 1 aliphatic rings. The van der Waals surface area contributed by atoms with Gasteiger partial charge < -0.3 is 0 Å². The highest BCUT2D eigenvalue weighted by molar-refractivity contribution is 8.00. The molecule has 4 aromatic rings. The van der Waals surface area contributed by atoms with Crippen molar-refractivity contribution < 1.29 is 8.42 Å². The van der Waals surface area contributed by atoms with Crippen molar-refractivity contribution in [2.75, 3.05) is 16.6 Å². The summed E-state index contributed by atoms with van der Waals surface area (Å²) in [5.41, 5.74) is 3.47. The van der Waals surface area contributed by atoms with Crippen LogP contribution in [0.5, 0.6) is 0 Å². The van der Waals surface area contributed by atoms with Gasteiger partial charge in [0.15, 0.2) is 0 Å². The van der Waals surface area contributed by atoms with Crippen molar-refractivity contribution in [1.82, 2.24) is 9.97 Å². The Hall–Kier alpha value is -2.42. The summed E-state index contributed by atoms with van der Waals surface area (Å²) in [4.78, 5) is 9.89. The monoisotopic (exact) mass is 439 g/mol. The van der Waals surface area contributed by atoms with E-state index in [-0.39, 0.29) is 0 Å². The summed E-state index contributed by atoms with van der Waals surface area (Å²) < 4.78 is 29.5. The molecule has 3 heterocycles. The minimum absolute atomic E-state index is 0.304. The molecule has 5 nitrogen and oxygen atoms in total. The Kier molecular flexibility index (Phi) is 4.57. The smallest absolute Gasteiger partial charge is 0.264 e. The summed E-state index contributed by atoms with van der Waals surface area (Å²) in [6.07, 6.45) is 3.52. The zero-order chi connectivity index (χ0) is 20.0. The van der Waals surface area contributed by atoms with Gasteiger partial charge in [0.25, 0.3) is 10.0 Å². The van der Waals surface area contributed by atoms with Gasteiger partial charge in [-0.2, -0.15) is 0 Å². The highest BCUT2D eigenvalue weighted by atomic mass is 32.2. The number of thiazole rings is 1. The molecular weight excluding hydrogens is 422 g/mol. The van der Waals surface area contributed by atoms with Crippen molar-refractivity contribution in [3.05, 3.63) is 65.9 Å². The molecule has 0 amide bonds. The second-order valence-corrected chi connectivity index (χ2v) is 10.9. The number of rotatable bonds is 3. The number of thioether (sulfide) groups is 1. The van der Waals surface area contributed by atoms with E-state index in [0.717, 1.165) is 42.7 Å². The molecule has 5 rings (SSSR count). The second-order valence-electron chi connectivity index (χ2n) is 6.71. The van der Waals surface area contributed by atoms with Gasteiger partial charge in [-0.15, -0.1) is 23.1 Å². The van der Waals surface area contributed by atoms with E-state index in [1.54, 1.807) is 42.4 Å². The van der Waals surface area contributed by atoms with Crippen LogP contribution in [0.4, 0.5) is 5.69 Å². The van der Waals surface area contributed by atoms with Gasteiger partial charge in [-0.3, -0.25) is 9.29 Å². The third-order valence-corrected chi connectivity index (χ3v) is 8.61. The normalized spacial score (nSPS) is 14.2. The molecule has 0 atom stereocenters. The molecule has 2 aromatic heterocycles. The lowest BCUT2D eigenvalue weighted by atomic mass is 10.1. The number of pyridine rings is 1. The van der Waals surface area contributed by atoms with Crippen LogP contribution in [0.1, 0.15) is 5.01 Å². The number of sulfonamides is 1. The SMILES string of the molecule is Cc1nc2ccc(S(=O)(=O)N3CCSc4ccc(-c5cccnc5)cc43)cc2s1. The minimum atomic E-state index is -3.67. The first-order chi connectivity index (χ1) is 14.0. The number of aryl methyl sites for hydroxylation is 1. The predicted molar refractivity (Wildman–Crippen MR) is 119 cm³/mol. The van der Waals surface area contributed by atoms with Crippen molar-refractivity contribution in [2.24, 2.45) is 0 Å². The van der Waals surface area contributed by atoms with Crippen molar-refractivity contribution in [3.8, 4) is 11.1 Å². The topological polar surface area (TPSA) is 63.2 Å². The molecule has 0 fully saturated rings. The number of benzene rings is 2. The van der Waals surface area contributed by atoms with Crippen LogP contribution in [0.3, 0.4) is 0 Å². The lowest BCUT2D eigenvalue weighted by Crippen LogP contribution is -2.35. The maximum Gasteiger partial charge on any atom is 0.264 e. The van der Waals surface area contributed by atoms with Crippen molar-refractivity contribution in [1.29, 1.82) is 0 Å². The molecule has 2 aromatic carbocycles. The molecule has 8 heteroatoms. The van der Waals surface area contributed by atoms with Gasteiger partial charge in [0.2, 0.25) is 0 Å². The van der Waals surface area contributed by atoms with E-state index < -0.39 is 10.0 Å². The third-order valence-electron chi connectivity index (χ3n) is 4.83. The highest BCUT2D eigenvalue weighted by Crippen LogP contribution is 2.40. The maximum atomic E-state index is 13.5. The maximum absolute atomic E-state index is 13.5. The predicted octanol–water partition coefficient (Wildman–Crippen LogP) is 4.97. The van der Waals surface area contributed by atoms with Gasteiger partial charge in [-0.1, -0.05) is 12.1 Å². The zero-order valence-electron chi connectivity index (χ0n) is 15.6. The van der Waals surface area contributed by atoms with Crippen molar-refractivity contribution in [3.63, 3.8) is 0 Å². The fraction of sp³-hybridized carbons (Fsp3) is 0.143. The van der Waals surface area contributed by atoms with Crippen LogP contribution in [0.25, 0.3) is 21.3 Å². The van der Waals surface area contributed by atoms with Gasteiger partial charge >= 0.3 is 0 Å². The molecule has 0 N–H and O–H groups in total. The van der Waals surface area contributed by atoms with Crippen LogP contribution in [0, 0.1) is 6.92 Å². The lowest BCUT2D eigenvalue weighted by molar-refractivity contribution is 0.591. The Morgan fingerprint density at radius 2 is 1.97 bits per heavy atom. The van der Waals surface area contributed by atoms with E-state index in [0.29, 0.717) is 11.4 Å². The molecule has 0 saturated heterocycles. The van der Waals surface area contributed by atoms with Crippen LogP contribution < -0.4 is 4.31 Å². The molecule has 0 saturated carbocycles. The highest BCUT2D eigenvalue weighted by Gasteiger charge is 2.30. The Balaban J connectivity index is 1.61. The molecule has 1 aliphatic heterocycles. The van der Waals surface area contributed by atoms with Crippen LogP contribution in [-0.4, -0.2) is 30.7 Å². The van der Waals surface area contributed by atoms with E-state index in [2.05, 4.69) is 9.97 Å². The van der Waals surface area contributed by atoms with Gasteiger partial charge in [-0.25, -0.2) is 13.4 Å². The molecule has 0 aliphatic carbocycles. The molecule has 0 radical (unpaired) electrons. The van der Waals surface area contributed by atoms with Crippen LogP contribution in [-0.2, 0) is 10.0 Å². The first-order valence-corrected chi connectivity index (χ1v) is 12.3. The van der Waals surface area contributed by atoms with Gasteiger partial charge in [0.05, 0.1) is 25.8 Å². The number of anilines is 1. The lowest BCUT2D eigenvalue weighted by Gasteiger charge is -2.30. The third kappa shape index (κ3) is 3.31. The molecule has 0 unspecified atom stereocenters. The Morgan fingerprint density at radius 1 is 1.07 bits per heavy atom. The fourth-order valence-corrected chi connectivity index (χ4v) is 7.06. The second kappa shape index (κ2) is 7.12. The van der Waals surface area contributed by atoms with Gasteiger partial charge in [-0.05, 0) is 48.9 Å². The summed E-state index contributed by atoms with van der Waals surface area (Å²) in [5, 5.41) is 0.926. The molecule has 0 spiro atoms. The summed E-state index contributed by atoms with van der Waals surface area (Å²) in [5.74, 6) is 0.723. The largest absolute Gasteiger partial charge is 0.264 e. The number of hydrogen-bond acceptors (Lipinski definition) is 6. The fourth-order valence-electron chi connectivity index (χ4n) is 3.46. The van der Waals surface area contributed by atoms with E-state index in [4.69, 9.17) is 0 Å². The average Bonchev–Trinajstić information content (AvgIpc) is 3.12. The summed E-state index contributed by atoms with van der Waals surface area (Å²) in [6.45, 7) is 2.37. The standard InChI is InChI=1S/C21H17N3O2S3/c1-14-23-18-6-5-17(12-21(18)28-14)29(25,26)24-9-10-27-20-7-4-15(11-19(20)24)16-3-2-8-22-13-16/h2-8,11-13H,9-10H2,1H3. The van der Waals surface area contributed by atoms with Crippen molar-refractivity contribution >= 4 is 49.0 Å². The van der Waals surface area contributed by atoms with E-state index in [1.165, 1.54) is 15.6 Å². The number of nitrogens with zero attached hydrogens (tertiary/aromatic N) is 3. The quantitative estimate of drug-likeness (QED) is 0.451. The molecular formula is C21H17N3O2S3. The summed E-state index contributed by atoms with van der Waals surface area (Å²) >= 11 is 3.19. The van der Waals surface area contributed by atoms with Crippen molar-refractivity contribution in [2.45, 2.75) is 16.7 Å². The Labute approximate surface area is 177 Å². The van der Waals surface area contributed by atoms with E-state index in [9.17, 15) is 8.42 Å². The number of fused-ring (bicyclic) bond motifs is 2. The van der Waals surface area contributed by atoms with Gasteiger partial charge in [0.1, 0.15) is 0 Å². The molecule has 146 valence electrons. The van der Waals surface area contributed by atoms with Crippen LogP contribution >= 0.6 is 23.1 Å². The minimum Gasteiger partial charge on any atom is -0.264 e. The summed E-state index contributed by atoms with van der Waals surface area (Å²) in [6, 6.07) is 15.0. The van der Waals surface area contributed by atoms with Crippen LogP contribution in [0.15, 0.2) is 70.7 Å². The first-order valence-electron chi connectivity index (χ1n) is 9.09. The van der Waals surface area contributed by atoms with Crippen LogP contribution in [0.2, 0.25) is 0 Å². The molecule has 29 heavy (non-hydrogen) atoms. The molecule has 0 bridgehead atoms. The number of aromatic nitrogens is 2. The van der Waals surface area contributed by atoms with E-state index in [1.807, 2.05) is 37.3 Å². The average molecular weight is 440 g/mol. The zero-order valence-corrected chi connectivity index (χ0v) is 18.0. The Morgan fingerprint density at radius 3 is 2.79 bits per heavy atom. The summed E-state index contributed by atoms with van der Waals surface area (Å²) in [7, 11) is -3.67. The first kappa shape index (κ1) is 18.6. The van der Waals surface area contributed by atoms with Gasteiger partial charge in [0, 0.05) is 35.2 Å². The van der Waals surface area contributed by atoms with E-state index >= 15 is 0 Å².